The molecule has 0 aliphatic heterocycles. The minimum absolute atomic E-state index is 0.0379. The standard InChI is InChI=1S/C13H20N2O/c1-9(2)8-14-12-6-5-10(3)13(7-12)15-11(4)16/h5-7,9,14H,8H2,1-4H3,(H,15,16). The highest BCUT2D eigenvalue weighted by Crippen LogP contribution is 2.20. The molecular weight excluding hydrogens is 200 g/mol. The van der Waals surface area contributed by atoms with Crippen LogP contribution in [0.3, 0.4) is 0 Å². The number of rotatable bonds is 4. The first-order valence-electron chi connectivity index (χ1n) is 5.61. The molecule has 88 valence electrons. The predicted molar refractivity (Wildman–Crippen MR) is 68.8 cm³/mol. The second kappa shape index (κ2) is 5.54. The van der Waals surface area contributed by atoms with Gasteiger partial charge in [0.1, 0.15) is 0 Å². The first-order valence-corrected chi connectivity index (χ1v) is 5.61. The van der Waals surface area contributed by atoms with E-state index in [0.29, 0.717) is 5.92 Å². The normalized spacial score (nSPS) is 10.3. The number of hydrogen-bond acceptors (Lipinski definition) is 2. The van der Waals surface area contributed by atoms with Gasteiger partial charge in [0.05, 0.1) is 0 Å². The first kappa shape index (κ1) is 12.6. The summed E-state index contributed by atoms with van der Waals surface area (Å²) in [7, 11) is 0. The van der Waals surface area contributed by atoms with Crippen molar-refractivity contribution in [1.29, 1.82) is 0 Å². The Balaban J connectivity index is 2.76. The maximum Gasteiger partial charge on any atom is 0.221 e. The van der Waals surface area contributed by atoms with Crippen molar-refractivity contribution in [3.63, 3.8) is 0 Å². The minimum atomic E-state index is -0.0379. The third-order valence-corrected chi connectivity index (χ3v) is 2.26. The summed E-state index contributed by atoms with van der Waals surface area (Å²) in [6.07, 6.45) is 0. The summed E-state index contributed by atoms with van der Waals surface area (Å²) in [5, 5.41) is 6.16. The van der Waals surface area contributed by atoms with Gasteiger partial charge in [0, 0.05) is 24.8 Å². The van der Waals surface area contributed by atoms with Gasteiger partial charge in [-0.2, -0.15) is 0 Å². The summed E-state index contributed by atoms with van der Waals surface area (Å²) in [6.45, 7) is 8.76. The lowest BCUT2D eigenvalue weighted by Crippen LogP contribution is -2.10. The maximum absolute atomic E-state index is 11.0. The van der Waals surface area contributed by atoms with E-state index in [2.05, 4.69) is 24.5 Å². The quantitative estimate of drug-likeness (QED) is 0.819. The lowest BCUT2D eigenvalue weighted by molar-refractivity contribution is -0.114. The third-order valence-electron chi connectivity index (χ3n) is 2.26. The van der Waals surface area contributed by atoms with Crippen molar-refractivity contribution in [3.05, 3.63) is 23.8 Å². The molecule has 1 aromatic carbocycles. The fraction of sp³-hybridized carbons (Fsp3) is 0.462. The van der Waals surface area contributed by atoms with Crippen LogP contribution in [0.15, 0.2) is 18.2 Å². The molecule has 0 aromatic heterocycles. The van der Waals surface area contributed by atoms with E-state index in [1.165, 1.54) is 6.92 Å². The van der Waals surface area contributed by atoms with Crippen LogP contribution in [0.25, 0.3) is 0 Å². The molecule has 0 saturated carbocycles. The lowest BCUT2D eigenvalue weighted by Gasteiger charge is -2.12. The minimum Gasteiger partial charge on any atom is -0.385 e. The van der Waals surface area contributed by atoms with E-state index in [4.69, 9.17) is 0 Å². The van der Waals surface area contributed by atoms with Crippen LogP contribution in [0.1, 0.15) is 26.3 Å². The Morgan fingerprint density at radius 2 is 2.06 bits per heavy atom. The van der Waals surface area contributed by atoms with Crippen molar-refractivity contribution < 1.29 is 4.79 Å². The molecule has 0 saturated heterocycles. The molecule has 3 nitrogen and oxygen atoms in total. The van der Waals surface area contributed by atoms with Crippen LogP contribution in [0.2, 0.25) is 0 Å². The second-order valence-electron chi connectivity index (χ2n) is 4.49. The Labute approximate surface area is 97.2 Å². The maximum atomic E-state index is 11.0. The topological polar surface area (TPSA) is 41.1 Å². The van der Waals surface area contributed by atoms with Gasteiger partial charge in [-0.1, -0.05) is 19.9 Å². The van der Waals surface area contributed by atoms with E-state index in [-0.39, 0.29) is 5.91 Å². The van der Waals surface area contributed by atoms with E-state index in [0.717, 1.165) is 23.5 Å². The molecule has 2 N–H and O–H groups in total. The lowest BCUT2D eigenvalue weighted by atomic mass is 10.1. The van der Waals surface area contributed by atoms with Crippen LogP contribution in [-0.4, -0.2) is 12.5 Å². The highest BCUT2D eigenvalue weighted by atomic mass is 16.1. The number of benzene rings is 1. The second-order valence-corrected chi connectivity index (χ2v) is 4.49. The zero-order valence-electron chi connectivity index (χ0n) is 10.4. The molecule has 1 amide bonds. The predicted octanol–water partition coefficient (Wildman–Crippen LogP) is 3.02. The Hall–Kier alpha value is -1.51. The molecule has 0 atom stereocenters. The molecule has 0 heterocycles. The van der Waals surface area contributed by atoms with Crippen LogP contribution >= 0.6 is 0 Å². The fourth-order valence-corrected chi connectivity index (χ4v) is 1.38. The Kier molecular flexibility index (Phi) is 4.35. The summed E-state index contributed by atoms with van der Waals surface area (Å²) in [6, 6.07) is 6.01. The SMILES string of the molecule is CC(=O)Nc1cc(NCC(C)C)ccc1C. The first-order chi connectivity index (χ1) is 7.49. The number of hydrogen-bond donors (Lipinski definition) is 2. The Morgan fingerprint density at radius 3 is 2.62 bits per heavy atom. The van der Waals surface area contributed by atoms with Gasteiger partial charge >= 0.3 is 0 Å². The van der Waals surface area contributed by atoms with Crippen molar-refractivity contribution in [2.24, 2.45) is 5.92 Å². The molecule has 0 aliphatic rings. The van der Waals surface area contributed by atoms with E-state index in [1.54, 1.807) is 0 Å². The zero-order valence-corrected chi connectivity index (χ0v) is 10.4. The smallest absolute Gasteiger partial charge is 0.221 e. The Morgan fingerprint density at radius 1 is 1.38 bits per heavy atom. The number of anilines is 2. The molecule has 1 aromatic rings. The van der Waals surface area contributed by atoms with Gasteiger partial charge in [-0.15, -0.1) is 0 Å². The van der Waals surface area contributed by atoms with Crippen LogP contribution in [0.5, 0.6) is 0 Å². The number of carbonyl (C=O) groups is 1. The van der Waals surface area contributed by atoms with Crippen LogP contribution < -0.4 is 10.6 Å². The Bertz CT molecular complexity index is 372. The van der Waals surface area contributed by atoms with Crippen molar-refractivity contribution >= 4 is 17.3 Å². The number of amides is 1. The number of aryl methyl sites for hydroxylation is 1. The summed E-state index contributed by atoms with van der Waals surface area (Å²) in [4.78, 5) is 11.0. The highest BCUT2D eigenvalue weighted by Gasteiger charge is 2.02. The van der Waals surface area contributed by atoms with E-state index in [9.17, 15) is 4.79 Å². The zero-order chi connectivity index (χ0) is 12.1. The van der Waals surface area contributed by atoms with Gasteiger partial charge < -0.3 is 10.6 Å². The van der Waals surface area contributed by atoms with E-state index in [1.807, 2.05) is 25.1 Å². The van der Waals surface area contributed by atoms with Crippen molar-refractivity contribution in [3.8, 4) is 0 Å². The van der Waals surface area contributed by atoms with Gasteiger partial charge in [0.25, 0.3) is 0 Å². The highest BCUT2D eigenvalue weighted by molar-refractivity contribution is 5.90. The third kappa shape index (κ3) is 3.93. The molecule has 0 fully saturated rings. The van der Waals surface area contributed by atoms with Crippen LogP contribution in [0, 0.1) is 12.8 Å². The van der Waals surface area contributed by atoms with Crippen LogP contribution in [0.4, 0.5) is 11.4 Å². The average Bonchev–Trinajstić information content (AvgIpc) is 2.18. The molecule has 1 rings (SSSR count). The van der Waals surface area contributed by atoms with Gasteiger partial charge in [-0.25, -0.2) is 0 Å². The van der Waals surface area contributed by atoms with E-state index >= 15 is 0 Å². The van der Waals surface area contributed by atoms with Gasteiger partial charge in [-0.3, -0.25) is 4.79 Å². The van der Waals surface area contributed by atoms with Gasteiger partial charge in [-0.05, 0) is 30.5 Å². The van der Waals surface area contributed by atoms with Crippen molar-refractivity contribution in [2.75, 3.05) is 17.2 Å². The molecule has 0 radical (unpaired) electrons. The largest absolute Gasteiger partial charge is 0.385 e. The molecule has 3 heteroatoms. The molecular formula is C13H20N2O. The molecule has 0 unspecified atom stereocenters. The number of nitrogens with one attached hydrogen (secondary N) is 2. The summed E-state index contributed by atoms with van der Waals surface area (Å²) >= 11 is 0. The van der Waals surface area contributed by atoms with E-state index < -0.39 is 0 Å². The molecule has 0 spiro atoms. The molecule has 16 heavy (non-hydrogen) atoms. The monoisotopic (exact) mass is 220 g/mol. The molecule has 0 bridgehead atoms. The number of carbonyl (C=O) groups excluding carboxylic acids is 1. The summed E-state index contributed by atoms with van der Waals surface area (Å²) in [5.41, 5.74) is 3.00. The van der Waals surface area contributed by atoms with Crippen molar-refractivity contribution in [1.82, 2.24) is 0 Å². The van der Waals surface area contributed by atoms with Gasteiger partial charge in [0.2, 0.25) is 5.91 Å². The summed E-state index contributed by atoms with van der Waals surface area (Å²) in [5.74, 6) is 0.564. The van der Waals surface area contributed by atoms with Crippen LogP contribution in [-0.2, 0) is 4.79 Å². The fourth-order valence-electron chi connectivity index (χ4n) is 1.38. The van der Waals surface area contributed by atoms with Crippen molar-refractivity contribution in [2.45, 2.75) is 27.7 Å². The molecule has 0 aliphatic carbocycles. The summed E-state index contributed by atoms with van der Waals surface area (Å²) < 4.78 is 0. The van der Waals surface area contributed by atoms with Gasteiger partial charge in [0.15, 0.2) is 0 Å². The average molecular weight is 220 g/mol.